The van der Waals surface area contributed by atoms with Crippen molar-refractivity contribution in [1.29, 1.82) is 0 Å². The van der Waals surface area contributed by atoms with Crippen LogP contribution in [0.2, 0.25) is 5.02 Å². The van der Waals surface area contributed by atoms with Crippen LogP contribution in [0.5, 0.6) is 0 Å². The normalized spacial score (nSPS) is 15.5. The molecule has 0 atom stereocenters. The van der Waals surface area contributed by atoms with Gasteiger partial charge >= 0.3 is 0 Å². The van der Waals surface area contributed by atoms with Gasteiger partial charge in [0.25, 0.3) is 0 Å². The number of rotatable bonds is 5. The fourth-order valence-electron chi connectivity index (χ4n) is 2.67. The Kier molecular flexibility index (Phi) is 5.06. The highest BCUT2D eigenvalue weighted by Gasteiger charge is 2.14. The van der Waals surface area contributed by atoms with Crippen molar-refractivity contribution in [2.45, 2.75) is 44.7 Å². The van der Waals surface area contributed by atoms with E-state index in [0.717, 1.165) is 16.4 Å². The summed E-state index contributed by atoms with van der Waals surface area (Å²) in [4.78, 5) is 4.48. The van der Waals surface area contributed by atoms with Gasteiger partial charge in [0.1, 0.15) is 0 Å². The Balaban J connectivity index is 1.57. The predicted octanol–water partition coefficient (Wildman–Crippen LogP) is 3.88. The molecule has 0 bridgehead atoms. The van der Waals surface area contributed by atoms with Crippen molar-refractivity contribution in [1.82, 2.24) is 15.2 Å². The molecule has 1 saturated carbocycles. The lowest BCUT2D eigenvalue weighted by molar-refractivity contribution is 0.460. The summed E-state index contributed by atoms with van der Waals surface area (Å²) in [5.74, 6) is 1.33. The van der Waals surface area contributed by atoms with E-state index in [-0.39, 0.29) is 0 Å². The van der Waals surface area contributed by atoms with Crippen molar-refractivity contribution in [3.8, 4) is 0 Å². The van der Waals surface area contributed by atoms with E-state index in [9.17, 15) is 0 Å². The fourth-order valence-corrected chi connectivity index (χ4v) is 2.80. The summed E-state index contributed by atoms with van der Waals surface area (Å²) >= 11 is 5.88. The van der Waals surface area contributed by atoms with Crippen LogP contribution in [0, 0.1) is 0 Å². The highest BCUT2D eigenvalue weighted by Crippen LogP contribution is 2.20. The first-order chi connectivity index (χ1) is 10.8. The maximum Gasteiger partial charge on any atom is 0.244 e. The molecule has 0 amide bonds. The molecule has 116 valence electrons. The van der Waals surface area contributed by atoms with E-state index in [1.807, 2.05) is 24.3 Å². The maximum absolute atomic E-state index is 5.88. The van der Waals surface area contributed by atoms with Gasteiger partial charge in [0.05, 0.1) is 6.20 Å². The lowest BCUT2D eigenvalue weighted by Gasteiger charge is -2.22. The first kappa shape index (κ1) is 15.0. The molecule has 0 radical (unpaired) electrons. The molecule has 0 unspecified atom stereocenters. The lowest BCUT2D eigenvalue weighted by Crippen LogP contribution is -2.23. The number of anilines is 2. The van der Waals surface area contributed by atoms with E-state index in [1.165, 1.54) is 32.1 Å². The van der Waals surface area contributed by atoms with Crippen molar-refractivity contribution < 1.29 is 0 Å². The molecule has 0 spiro atoms. The number of aromatic nitrogens is 3. The van der Waals surface area contributed by atoms with E-state index in [1.54, 1.807) is 6.20 Å². The first-order valence-corrected chi connectivity index (χ1v) is 8.12. The first-order valence-electron chi connectivity index (χ1n) is 7.74. The summed E-state index contributed by atoms with van der Waals surface area (Å²) in [6.07, 6.45) is 7.90. The second kappa shape index (κ2) is 7.40. The van der Waals surface area contributed by atoms with E-state index in [2.05, 4.69) is 25.8 Å². The van der Waals surface area contributed by atoms with E-state index in [4.69, 9.17) is 11.6 Å². The molecule has 1 aromatic carbocycles. The number of hydrogen-bond donors (Lipinski definition) is 2. The summed E-state index contributed by atoms with van der Waals surface area (Å²) in [6, 6.07) is 8.22. The van der Waals surface area contributed by atoms with Crippen LogP contribution in [0.15, 0.2) is 30.5 Å². The van der Waals surface area contributed by atoms with Crippen molar-refractivity contribution in [3.63, 3.8) is 0 Å². The van der Waals surface area contributed by atoms with Gasteiger partial charge in [-0.1, -0.05) is 43.0 Å². The van der Waals surface area contributed by atoms with Gasteiger partial charge in [0.2, 0.25) is 5.95 Å². The molecule has 1 aliphatic carbocycles. The third-order valence-electron chi connectivity index (χ3n) is 3.88. The summed E-state index contributed by atoms with van der Waals surface area (Å²) in [7, 11) is 0. The smallest absolute Gasteiger partial charge is 0.244 e. The SMILES string of the molecule is Clc1ccc(CNc2cnnc(NC3CCCCC3)n2)cc1. The monoisotopic (exact) mass is 317 g/mol. The third kappa shape index (κ3) is 4.31. The number of nitrogens with one attached hydrogen (secondary N) is 2. The molecule has 2 aromatic rings. The summed E-state index contributed by atoms with van der Waals surface area (Å²) in [5.41, 5.74) is 1.14. The Hall–Kier alpha value is -1.88. The molecule has 1 aliphatic rings. The zero-order valence-corrected chi connectivity index (χ0v) is 13.2. The predicted molar refractivity (Wildman–Crippen MR) is 89.1 cm³/mol. The van der Waals surface area contributed by atoms with Crippen LogP contribution in [0.4, 0.5) is 11.8 Å². The number of benzene rings is 1. The van der Waals surface area contributed by atoms with E-state index < -0.39 is 0 Å². The topological polar surface area (TPSA) is 62.7 Å². The van der Waals surface area contributed by atoms with Crippen molar-refractivity contribution in [2.24, 2.45) is 0 Å². The maximum atomic E-state index is 5.88. The quantitative estimate of drug-likeness (QED) is 0.876. The highest BCUT2D eigenvalue weighted by atomic mass is 35.5. The minimum Gasteiger partial charge on any atom is -0.365 e. The summed E-state index contributed by atoms with van der Waals surface area (Å²) in [6.45, 7) is 0.679. The molecule has 3 rings (SSSR count). The third-order valence-corrected chi connectivity index (χ3v) is 4.14. The van der Waals surface area contributed by atoms with Gasteiger partial charge < -0.3 is 10.6 Å². The van der Waals surface area contributed by atoms with Crippen molar-refractivity contribution in [2.75, 3.05) is 10.6 Å². The van der Waals surface area contributed by atoms with Crippen LogP contribution in [0.3, 0.4) is 0 Å². The van der Waals surface area contributed by atoms with Gasteiger partial charge in [0.15, 0.2) is 5.82 Å². The number of nitrogens with zero attached hydrogens (tertiary/aromatic N) is 3. The zero-order chi connectivity index (χ0) is 15.2. The standard InChI is InChI=1S/C16H20ClN5/c17-13-8-6-12(7-9-13)10-18-15-11-19-22-16(21-15)20-14-4-2-1-3-5-14/h6-9,11,14H,1-5,10H2,(H2,18,20,21,22). The molecule has 0 saturated heterocycles. The Labute approximate surface area is 135 Å². The Morgan fingerprint density at radius 1 is 1.09 bits per heavy atom. The fraction of sp³-hybridized carbons (Fsp3) is 0.438. The van der Waals surface area contributed by atoms with Gasteiger partial charge in [-0.3, -0.25) is 0 Å². The molecule has 6 heteroatoms. The van der Waals surface area contributed by atoms with Crippen LogP contribution in [-0.4, -0.2) is 21.2 Å². The van der Waals surface area contributed by atoms with Gasteiger partial charge in [-0.05, 0) is 30.5 Å². The molecule has 2 N–H and O–H groups in total. The Morgan fingerprint density at radius 3 is 2.64 bits per heavy atom. The van der Waals surface area contributed by atoms with Crippen molar-refractivity contribution in [3.05, 3.63) is 41.0 Å². The highest BCUT2D eigenvalue weighted by molar-refractivity contribution is 6.30. The largest absolute Gasteiger partial charge is 0.365 e. The average Bonchev–Trinajstić information content (AvgIpc) is 2.56. The van der Waals surface area contributed by atoms with Crippen LogP contribution in [0.1, 0.15) is 37.7 Å². The lowest BCUT2D eigenvalue weighted by atomic mass is 9.96. The van der Waals surface area contributed by atoms with Gasteiger partial charge in [-0.25, -0.2) is 0 Å². The zero-order valence-electron chi connectivity index (χ0n) is 12.4. The molecule has 5 nitrogen and oxygen atoms in total. The van der Waals surface area contributed by atoms with Gasteiger partial charge in [-0.2, -0.15) is 10.1 Å². The Morgan fingerprint density at radius 2 is 1.86 bits per heavy atom. The van der Waals surface area contributed by atoms with Crippen LogP contribution in [0.25, 0.3) is 0 Å². The van der Waals surface area contributed by atoms with Crippen LogP contribution >= 0.6 is 11.6 Å². The molecule has 1 heterocycles. The molecular formula is C16H20ClN5. The van der Waals surface area contributed by atoms with Gasteiger partial charge in [0, 0.05) is 17.6 Å². The van der Waals surface area contributed by atoms with E-state index >= 15 is 0 Å². The number of halogens is 1. The van der Waals surface area contributed by atoms with Crippen LogP contribution in [-0.2, 0) is 6.54 Å². The van der Waals surface area contributed by atoms with E-state index in [0.29, 0.717) is 18.5 Å². The molecule has 22 heavy (non-hydrogen) atoms. The summed E-state index contributed by atoms with van der Waals surface area (Å²) in [5, 5.41) is 15.5. The molecule has 1 fully saturated rings. The second-order valence-corrected chi connectivity index (χ2v) is 6.06. The number of hydrogen-bond acceptors (Lipinski definition) is 5. The summed E-state index contributed by atoms with van der Waals surface area (Å²) < 4.78 is 0. The van der Waals surface area contributed by atoms with Gasteiger partial charge in [-0.15, -0.1) is 5.10 Å². The average molecular weight is 318 g/mol. The van der Waals surface area contributed by atoms with Crippen LogP contribution < -0.4 is 10.6 Å². The molecule has 1 aromatic heterocycles. The Bertz CT molecular complexity index is 596. The second-order valence-electron chi connectivity index (χ2n) is 5.62. The van der Waals surface area contributed by atoms with Crippen molar-refractivity contribution >= 4 is 23.4 Å². The molecular weight excluding hydrogens is 298 g/mol. The minimum absolute atomic E-state index is 0.474. The minimum atomic E-state index is 0.474. The molecule has 0 aliphatic heterocycles.